The summed E-state index contributed by atoms with van der Waals surface area (Å²) in [5.74, 6) is 2.38. The van der Waals surface area contributed by atoms with Crippen LogP contribution < -0.4 is 0 Å². The molecule has 0 spiro atoms. The third kappa shape index (κ3) is 4.59. The summed E-state index contributed by atoms with van der Waals surface area (Å²) >= 11 is 0. The molecule has 0 amide bonds. The fourth-order valence-corrected chi connectivity index (χ4v) is 8.21. The Morgan fingerprint density at radius 3 is 2.27 bits per heavy atom. The van der Waals surface area contributed by atoms with Crippen LogP contribution in [0.2, 0.25) is 0 Å². The SMILES string of the molecule is CC1C=CC=CC1C1CC(C2=CCCC=C2)N=C(c2ccccc2C2C=Cc3c(c4ccccc4c4ccccc34)C2)N1C. The van der Waals surface area contributed by atoms with Crippen LogP contribution in [0.25, 0.3) is 27.6 Å². The fourth-order valence-electron chi connectivity index (χ4n) is 8.21. The third-order valence-electron chi connectivity index (χ3n) is 10.5. The quantitative estimate of drug-likeness (QED) is 0.222. The van der Waals surface area contributed by atoms with E-state index in [1.165, 1.54) is 49.4 Å². The van der Waals surface area contributed by atoms with Gasteiger partial charge in [-0.25, -0.2) is 0 Å². The van der Waals surface area contributed by atoms with E-state index in [-0.39, 0.29) is 12.0 Å². The van der Waals surface area contributed by atoms with Crippen molar-refractivity contribution in [1.82, 2.24) is 4.90 Å². The lowest BCUT2D eigenvalue weighted by atomic mass is 9.77. The van der Waals surface area contributed by atoms with Crippen LogP contribution >= 0.6 is 0 Å². The molecular weight excluding hydrogens is 532 g/mol. The average Bonchev–Trinajstić information content (AvgIpc) is 3.09. The topological polar surface area (TPSA) is 15.6 Å². The number of aliphatic imine (C=N–C) groups is 1. The molecule has 4 aliphatic rings. The van der Waals surface area contributed by atoms with Crippen molar-refractivity contribution < 1.29 is 0 Å². The summed E-state index contributed by atoms with van der Waals surface area (Å²) in [7, 11) is 2.28. The molecule has 0 radical (unpaired) electrons. The van der Waals surface area contributed by atoms with Crippen LogP contribution in [0.15, 0.2) is 132 Å². The van der Waals surface area contributed by atoms with E-state index in [2.05, 4.69) is 146 Å². The summed E-state index contributed by atoms with van der Waals surface area (Å²) < 4.78 is 0. The van der Waals surface area contributed by atoms with Gasteiger partial charge in [0, 0.05) is 30.5 Å². The Morgan fingerprint density at radius 2 is 1.48 bits per heavy atom. The zero-order chi connectivity index (χ0) is 29.6. The maximum atomic E-state index is 5.57. The van der Waals surface area contributed by atoms with Gasteiger partial charge < -0.3 is 4.90 Å². The Kier molecular flexibility index (Phi) is 6.94. The molecule has 5 unspecified atom stereocenters. The van der Waals surface area contributed by atoms with E-state index in [4.69, 9.17) is 4.99 Å². The molecule has 44 heavy (non-hydrogen) atoms. The first-order chi connectivity index (χ1) is 21.7. The molecule has 3 aliphatic carbocycles. The molecule has 8 rings (SSSR count). The average molecular weight is 573 g/mol. The Balaban J connectivity index is 1.23. The number of hydrogen-bond donors (Lipinski definition) is 0. The largest absolute Gasteiger partial charge is 0.356 e. The highest BCUT2D eigenvalue weighted by Gasteiger charge is 2.37. The lowest BCUT2D eigenvalue weighted by molar-refractivity contribution is 0.223. The summed E-state index contributed by atoms with van der Waals surface area (Å²) in [6.45, 7) is 2.37. The molecule has 2 nitrogen and oxygen atoms in total. The first kappa shape index (κ1) is 27.1. The first-order valence-electron chi connectivity index (χ1n) is 16.4. The Morgan fingerprint density at radius 1 is 0.750 bits per heavy atom. The third-order valence-corrected chi connectivity index (χ3v) is 10.5. The van der Waals surface area contributed by atoms with Crippen molar-refractivity contribution in [3.63, 3.8) is 0 Å². The number of rotatable bonds is 4. The van der Waals surface area contributed by atoms with E-state index < -0.39 is 0 Å². The number of amidine groups is 1. The van der Waals surface area contributed by atoms with E-state index >= 15 is 0 Å². The number of allylic oxidation sites excluding steroid dienone is 6. The lowest BCUT2D eigenvalue weighted by Gasteiger charge is -2.44. The molecule has 0 fully saturated rings. The predicted molar refractivity (Wildman–Crippen MR) is 187 cm³/mol. The maximum Gasteiger partial charge on any atom is 0.131 e. The van der Waals surface area contributed by atoms with Gasteiger partial charge in [0.1, 0.15) is 5.84 Å². The molecule has 0 N–H and O–H groups in total. The van der Waals surface area contributed by atoms with Crippen molar-refractivity contribution in [1.29, 1.82) is 0 Å². The van der Waals surface area contributed by atoms with Crippen LogP contribution in [0, 0.1) is 11.8 Å². The second-order valence-electron chi connectivity index (χ2n) is 13.0. The first-order valence-corrected chi connectivity index (χ1v) is 16.4. The minimum Gasteiger partial charge on any atom is -0.356 e. The molecule has 2 heteroatoms. The van der Waals surface area contributed by atoms with E-state index in [1.807, 2.05) is 0 Å². The minimum absolute atomic E-state index is 0.181. The second kappa shape index (κ2) is 11.2. The summed E-state index contributed by atoms with van der Waals surface area (Å²) in [6, 6.07) is 27.5. The van der Waals surface area contributed by atoms with E-state index in [0.717, 1.165) is 31.5 Å². The smallest absolute Gasteiger partial charge is 0.131 e. The highest BCUT2D eigenvalue weighted by molar-refractivity contribution is 6.13. The van der Waals surface area contributed by atoms with Crippen LogP contribution in [-0.2, 0) is 6.42 Å². The standard InChI is InChI=1S/C42H40N2/c1-28-14-6-7-17-31(28)41-27-40(29-15-4-3-5-16-29)43-42(44(41)2)38-23-13-8-18-32(38)30-24-25-37-35-21-10-9-19-33(35)34-20-11-12-22-36(34)39(37)26-30/h4,6-25,28,30-31,40-41H,3,5,26-27H2,1-2H3. The molecule has 0 aromatic heterocycles. The predicted octanol–water partition coefficient (Wildman–Crippen LogP) is 9.82. The van der Waals surface area contributed by atoms with Gasteiger partial charge in [-0.15, -0.1) is 0 Å². The Hall–Kier alpha value is -4.43. The monoisotopic (exact) mass is 572 g/mol. The fraction of sp³-hybridized carbons (Fsp3) is 0.262. The molecule has 0 saturated heterocycles. The maximum absolute atomic E-state index is 5.57. The van der Waals surface area contributed by atoms with Crippen LogP contribution in [-0.4, -0.2) is 29.9 Å². The van der Waals surface area contributed by atoms with Crippen molar-refractivity contribution in [2.45, 2.75) is 50.6 Å². The normalized spacial score (nSPS) is 26.1. The number of benzene rings is 4. The van der Waals surface area contributed by atoms with Crippen molar-refractivity contribution in [3.8, 4) is 0 Å². The van der Waals surface area contributed by atoms with E-state index in [0.29, 0.717) is 17.9 Å². The Labute approximate surface area is 261 Å². The summed E-state index contributed by atoms with van der Waals surface area (Å²) in [5.41, 5.74) is 6.87. The van der Waals surface area contributed by atoms with Gasteiger partial charge in [-0.2, -0.15) is 0 Å². The zero-order valence-corrected chi connectivity index (χ0v) is 25.7. The molecule has 1 heterocycles. The van der Waals surface area contributed by atoms with Gasteiger partial charge in [-0.1, -0.05) is 134 Å². The molecule has 0 bridgehead atoms. The summed E-state index contributed by atoms with van der Waals surface area (Å²) in [5, 5.41) is 5.42. The molecule has 4 aromatic carbocycles. The molecule has 218 valence electrons. The molecular formula is C42H40N2. The van der Waals surface area contributed by atoms with Gasteiger partial charge in [0.25, 0.3) is 0 Å². The molecule has 4 aromatic rings. The van der Waals surface area contributed by atoms with Crippen molar-refractivity contribution in [3.05, 3.63) is 149 Å². The number of fused-ring (bicyclic) bond motifs is 6. The number of nitrogens with zero attached hydrogens (tertiary/aromatic N) is 2. The van der Waals surface area contributed by atoms with Crippen LogP contribution in [0.4, 0.5) is 0 Å². The molecule has 0 saturated carbocycles. The van der Waals surface area contributed by atoms with Crippen LogP contribution in [0.1, 0.15) is 54.4 Å². The summed E-state index contributed by atoms with van der Waals surface area (Å²) in [4.78, 5) is 8.08. The minimum atomic E-state index is 0.181. The number of hydrogen-bond acceptors (Lipinski definition) is 2. The Bertz CT molecular complexity index is 1930. The van der Waals surface area contributed by atoms with Gasteiger partial charge in [0.15, 0.2) is 0 Å². The van der Waals surface area contributed by atoms with Crippen molar-refractivity contribution >= 4 is 33.5 Å². The molecule has 5 atom stereocenters. The van der Waals surface area contributed by atoms with Crippen molar-refractivity contribution in [2.75, 3.05) is 7.05 Å². The van der Waals surface area contributed by atoms with E-state index in [1.54, 1.807) is 0 Å². The second-order valence-corrected chi connectivity index (χ2v) is 13.0. The van der Waals surface area contributed by atoms with Crippen LogP contribution in [0.5, 0.6) is 0 Å². The van der Waals surface area contributed by atoms with E-state index in [9.17, 15) is 0 Å². The highest BCUT2D eigenvalue weighted by atomic mass is 15.2. The lowest BCUT2D eigenvalue weighted by Crippen LogP contribution is -2.49. The zero-order valence-electron chi connectivity index (χ0n) is 25.7. The van der Waals surface area contributed by atoms with Gasteiger partial charge in [-0.3, -0.25) is 4.99 Å². The van der Waals surface area contributed by atoms with Gasteiger partial charge in [0.05, 0.1) is 6.04 Å². The van der Waals surface area contributed by atoms with Crippen LogP contribution in [0.3, 0.4) is 0 Å². The van der Waals surface area contributed by atoms with Gasteiger partial charge in [-0.05, 0) is 75.4 Å². The summed E-state index contributed by atoms with van der Waals surface area (Å²) in [6.07, 6.45) is 25.4. The molecule has 1 aliphatic heterocycles. The van der Waals surface area contributed by atoms with Crippen molar-refractivity contribution in [2.24, 2.45) is 16.8 Å². The highest BCUT2D eigenvalue weighted by Crippen LogP contribution is 2.42. The van der Waals surface area contributed by atoms with Gasteiger partial charge >= 0.3 is 0 Å². The van der Waals surface area contributed by atoms with Gasteiger partial charge in [0.2, 0.25) is 0 Å².